The van der Waals surface area contributed by atoms with Gasteiger partial charge in [0.05, 0.1) is 5.56 Å². The quantitative estimate of drug-likeness (QED) is 0.727. The fraction of sp³-hybridized carbons (Fsp3) is 0.562. The van der Waals surface area contributed by atoms with Crippen LogP contribution in [-0.4, -0.2) is 42.2 Å². The molecule has 4 N–H and O–H groups in total. The van der Waals surface area contributed by atoms with E-state index in [0.29, 0.717) is 5.69 Å². The van der Waals surface area contributed by atoms with Gasteiger partial charge < -0.3 is 21.1 Å². The third kappa shape index (κ3) is 3.13. The summed E-state index contributed by atoms with van der Waals surface area (Å²) in [6.45, 7) is 2.66. The monoisotopic (exact) mass is 291 g/mol. The fourth-order valence-corrected chi connectivity index (χ4v) is 3.16. The number of aryl methyl sites for hydroxylation is 1. The minimum absolute atomic E-state index is 0.165. The van der Waals surface area contributed by atoms with E-state index in [1.807, 2.05) is 13.0 Å². The van der Waals surface area contributed by atoms with Crippen molar-refractivity contribution in [2.24, 2.45) is 0 Å². The Labute approximate surface area is 126 Å². The van der Waals surface area contributed by atoms with E-state index >= 15 is 0 Å². The number of carboxylic acid groups (broad SMARTS) is 1. The molecule has 0 aliphatic heterocycles. The molecule has 0 amide bonds. The van der Waals surface area contributed by atoms with E-state index < -0.39 is 5.97 Å². The van der Waals surface area contributed by atoms with Crippen LogP contribution in [0.1, 0.15) is 41.6 Å². The van der Waals surface area contributed by atoms with Gasteiger partial charge in [0.1, 0.15) is 0 Å². The van der Waals surface area contributed by atoms with Crippen LogP contribution in [0.2, 0.25) is 0 Å². The summed E-state index contributed by atoms with van der Waals surface area (Å²) in [5.74, 6) is -0.984. The second kappa shape index (κ2) is 5.93. The van der Waals surface area contributed by atoms with Gasteiger partial charge in [0, 0.05) is 23.5 Å². The number of hydrogen-bond donors (Lipinski definition) is 3. The van der Waals surface area contributed by atoms with Gasteiger partial charge in [0.25, 0.3) is 0 Å². The summed E-state index contributed by atoms with van der Waals surface area (Å²) in [6, 6.07) is 3.54. The Kier molecular flexibility index (Phi) is 4.42. The molecule has 21 heavy (non-hydrogen) atoms. The molecule has 0 bridgehead atoms. The van der Waals surface area contributed by atoms with Crippen LogP contribution in [0.5, 0.6) is 0 Å². The number of anilines is 2. The second-order valence-corrected chi connectivity index (χ2v) is 6.24. The molecular formula is C16H25N3O2. The number of aromatic carboxylic acids is 1. The molecule has 5 nitrogen and oxygen atoms in total. The van der Waals surface area contributed by atoms with Crippen molar-refractivity contribution in [1.82, 2.24) is 4.90 Å². The highest BCUT2D eigenvalue weighted by molar-refractivity contribution is 5.95. The summed E-state index contributed by atoms with van der Waals surface area (Å²) >= 11 is 0. The minimum Gasteiger partial charge on any atom is -0.478 e. The number of benzene rings is 1. The number of rotatable bonds is 5. The normalized spacial score (nSPS) is 17.1. The first kappa shape index (κ1) is 15.6. The Morgan fingerprint density at radius 1 is 1.38 bits per heavy atom. The molecule has 0 heterocycles. The number of nitrogen functional groups attached to an aromatic ring is 1. The molecule has 1 fully saturated rings. The van der Waals surface area contributed by atoms with Crippen molar-refractivity contribution >= 4 is 17.3 Å². The minimum atomic E-state index is -0.984. The number of nitrogens with one attached hydrogen (secondary N) is 1. The molecule has 1 aromatic rings. The van der Waals surface area contributed by atoms with Crippen LogP contribution in [0.25, 0.3) is 0 Å². The zero-order chi connectivity index (χ0) is 15.6. The van der Waals surface area contributed by atoms with Gasteiger partial charge in [-0.25, -0.2) is 4.79 Å². The molecule has 0 aromatic heterocycles. The first-order valence-corrected chi connectivity index (χ1v) is 7.40. The summed E-state index contributed by atoms with van der Waals surface area (Å²) in [4.78, 5) is 13.5. The van der Waals surface area contributed by atoms with Gasteiger partial charge in [0.2, 0.25) is 0 Å². The number of hydrogen-bond acceptors (Lipinski definition) is 4. The molecule has 1 aliphatic rings. The van der Waals surface area contributed by atoms with Crippen LogP contribution >= 0.6 is 0 Å². The topological polar surface area (TPSA) is 78.6 Å². The van der Waals surface area contributed by atoms with Crippen molar-refractivity contribution in [3.63, 3.8) is 0 Å². The largest absolute Gasteiger partial charge is 0.478 e. The molecule has 0 radical (unpaired) electrons. The third-order valence-electron chi connectivity index (χ3n) is 4.72. The van der Waals surface area contributed by atoms with E-state index in [9.17, 15) is 9.90 Å². The van der Waals surface area contributed by atoms with Gasteiger partial charge in [-0.3, -0.25) is 0 Å². The maximum Gasteiger partial charge on any atom is 0.337 e. The summed E-state index contributed by atoms with van der Waals surface area (Å²) in [6.07, 6.45) is 4.85. The van der Waals surface area contributed by atoms with Gasteiger partial charge in [0.15, 0.2) is 0 Å². The highest BCUT2D eigenvalue weighted by atomic mass is 16.4. The van der Waals surface area contributed by atoms with Crippen LogP contribution < -0.4 is 11.1 Å². The molecule has 2 rings (SSSR count). The van der Waals surface area contributed by atoms with E-state index in [-0.39, 0.29) is 11.1 Å². The second-order valence-electron chi connectivity index (χ2n) is 6.24. The van der Waals surface area contributed by atoms with Crippen molar-refractivity contribution in [2.75, 3.05) is 31.7 Å². The maximum absolute atomic E-state index is 11.2. The lowest BCUT2D eigenvalue weighted by atomic mass is 9.95. The van der Waals surface area contributed by atoms with Crippen molar-refractivity contribution in [2.45, 2.75) is 38.1 Å². The Bertz CT molecular complexity index is 535. The fourth-order valence-electron chi connectivity index (χ4n) is 3.16. The van der Waals surface area contributed by atoms with Crippen LogP contribution in [0.4, 0.5) is 11.4 Å². The lowest BCUT2D eigenvalue weighted by Gasteiger charge is -2.37. The molecule has 1 saturated carbocycles. The van der Waals surface area contributed by atoms with E-state index in [0.717, 1.165) is 17.8 Å². The zero-order valence-corrected chi connectivity index (χ0v) is 13.1. The van der Waals surface area contributed by atoms with Crippen LogP contribution in [0, 0.1) is 6.92 Å². The van der Waals surface area contributed by atoms with Crippen LogP contribution in [0.15, 0.2) is 12.1 Å². The molecule has 0 spiro atoms. The number of carboxylic acids is 1. The van der Waals surface area contributed by atoms with Crippen molar-refractivity contribution < 1.29 is 9.90 Å². The molecule has 5 heteroatoms. The van der Waals surface area contributed by atoms with Gasteiger partial charge in [-0.15, -0.1) is 0 Å². The Balaban J connectivity index is 2.18. The number of nitrogens with two attached hydrogens (primary N) is 1. The first-order valence-electron chi connectivity index (χ1n) is 7.40. The molecular weight excluding hydrogens is 266 g/mol. The van der Waals surface area contributed by atoms with Crippen LogP contribution in [-0.2, 0) is 0 Å². The van der Waals surface area contributed by atoms with E-state index in [4.69, 9.17) is 5.73 Å². The molecule has 116 valence electrons. The summed E-state index contributed by atoms with van der Waals surface area (Å²) in [5.41, 5.74) is 8.13. The maximum atomic E-state index is 11.2. The predicted octanol–water partition coefficient (Wildman–Crippen LogP) is 2.56. The molecule has 1 aliphatic carbocycles. The molecule has 0 saturated heterocycles. The lowest BCUT2D eigenvalue weighted by molar-refractivity contribution is 0.0698. The SMILES string of the molecule is Cc1cc(NCC2(N(C)C)CCCC2)cc(C(=O)O)c1N. The lowest BCUT2D eigenvalue weighted by Crippen LogP contribution is -2.47. The molecule has 0 atom stereocenters. The number of likely N-dealkylation sites (N-methyl/N-ethyl adjacent to an activating group) is 1. The standard InChI is InChI=1S/C16H25N3O2/c1-11-8-12(9-13(14(11)17)15(20)21)18-10-16(19(2)3)6-4-5-7-16/h8-9,18H,4-7,10,17H2,1-3H3,(H,20,21). The third-order valence-corrected chi connectivity index (χ3v) is 4.72. The Morgan fingerprint density at radius 3 is 2.52 bits per heavy atom. The van der Waals surface area contributed by atoms with E-state index in [1.165, 1.54) is 25.7 Å². The number of nitrogens with zero attached hydrogens (tertiary/aromatic N) is 1. The van der Waals surface area contributed by atoms with E-state index in [2.05, 4.69) is 24.3 Å². The molecule has 1 aromatic carbocycles. The highest BCUT2D eigenvalue weighted by Gasteiger charge is 2.35. The van der Waals surface area contributed by atoms with Gasteiger partial charge in [-0.1, -0.05) is 12.8 Å². The Hall–Kier alpha value is -1.75. The summed E-state index contributed by atoms with van der Waals surface area (Å²) < 4.78 is 0. The number of carbonyl (C=O) groups is 1. The van der Waals surface area contributed by atoms with Gasteiger partial charge in [-0.2, -0.15) is 0 Å². The van der Waals surface area contributed by atoms with Gasteiger partial charge in [-0.05, 0) is 51.6 Å². The average Bonchev–Trinajstić information content (AvgIpc) is 2.89. The van der Waals surface area contributed by atoms with Crippen molar-refractivity contribution in [3.8, 4) is 0 Å². The highest BCUT2D eigenvalue weighted by Crippen LogP contribution is 2.34. The van der Waals surface area contributed by atoms with Crippen LogP contribution in [0.3, 0.4) is 0 Å². The van der Waals surface area contributed by atoms with Crippen molar-refractivity contribution in [1.29, 1.82) is 0 Å². The summed E-state index contributed by atoms with van der Waals surface area (Å²) in [5, 5.41) is 12.6. The van der Waals surface area contributed by atoms with Gasteiger partial charge >= 0.3 is 5.97 Å². The first-order chi connectivity index (χ1) is 9.85. The smallest absolute Gasteiger partial charge is 0.337 e. The Morgan fingerprint density at radius 2 is 2.00 bits per heavy atom. The average molecular weight is 291 g/mol. The summed E-state index contributed by atoms with van der Waals surface area (Å²) in [7, 11) is 4.23. The predicted molar refractivity (Wildman–Crippen MR) is 85.9 cm³/mol. The zero-order valence-electron chi connectivity index (χ0n) is 13.1. The van der Waals surface area contributed by atoms with E-state index in [1.54, 1.807) is 6.07 Å². The molecule has 0 unspecified atom stereocenters. The van der Waals surface area contributed by atoms with Crippen molar-refractivity contribution in [3.05, 3.63) is 23.3 Å².